The van der Waals surface area contributed by atoms with Crippen molar-refractivity contribution in [3.8, 4) is 6.07 Å². The van der Waals surface area contributed by atoms with Gasteiger partial charge < -0.3 is 5.32 Å². The van der Waals surface area contributed by atoms with E-state index in [9.17, 15) is 0 Å². The predicted octanol–water partition coefficient (Wildman–Crippen LogP) is 4.06. The maximum atomic E-state index is 9.02. The van der Waals surface area contributed by atoms with Gasteiger partial charge in [-0.3, -0.25) is 0 Å². The average Bonchev–Trinajstić information content (AvgIpc) is 2.16. The molecule has 1 unspecified atom stereocenters. The highest BCUT2D eigenvalue weighted by Gasteiger charge is 2.10. The molecule has 0 aliphatic rings. The van der Waals surface area contributed by atoms with Crippen molar-refractivity contribution in [2.45, 2.75) is 33.2 Å². The summed E-state index contributed by atoms with van der Waals surface area (Å²) >= 11 is 5.96. The molecule has 0 radical (unpaired) electrons. The third kappa shape index (κ3) is 3.43. The monoisotopic (exact) mass is 236 g/mol. The first kappa shape index (κ1) is 12.9. The fourth-order valence-electron chi connectivity index (χ4n) is 1.79. The first-order valence-corrected chi connectivity index (χ1v) is 5.87. The smallest absolute Gasteiger partial charge is 0.103 e. The maximum absolute atomic E-state index is 9.02. The minimum absolute atomic E-state index is 0.338. The fraction of sp³-hybridized carbons (Fsp3) is 0.462. The number of benzene rings is 1. The zero-order valence-corrected chi connectivity index (χ0v) is 10.7. The number of anilines is 1. The van der Waals surface area contributed by atoms with Gasteiger partial charge in [0.1, 0.15) is 6.07 Å². The first-order valence-electron chi connectivity index (χ1n) is 5.49. The molecule has 0 heterocycles. The SMILES string of the molecule is CC(C)CC(C)Nc1cccc(Cl)c1C#N. The van der Waals surface area contributed by atoms with Crippen LogP contribution < -0.4 is 5.32 Å². The van der Waals surface area contributed by atoms with E-state index < -0.39 is 0 Å². The Hall–Kier alpha value is -1.20. The Bertz CT molecular complexity index is 393. The van der Waals surface area contributed by atoms with Crippen LogP contribution in [0.5, 0.6) is 0 Å². The van der Waals surface area contributed by atoms with Gasteiger partial charge in [0.25, 0.3) is 0 Å². The average molecular weight is 237 g/mol. The molecule has 0 spiro atoms. The van der Waals surface area contributed by atoms with E-state index in [2.05, 4.69) is 32.2 Å². The van der Waals surface area contributed by atoms with E-state index in [1.165, 1.54) is 0 Å². The second-order valence-electron chi connectivity index (χ2n) is 4.45. The van der Waals surface area contributed by atoms with Gasteiger partial charge in [0.15, 0.2) is 0 Å². The van der Waals surface area contributed by atoms with E-state index in [-0.39, 0.29) is 0 Å². The zero-order chi connectivity index (χ0) is 12.1. The molecule has 0 aromatic heterocycles. The molecule has 86 valence electrons. The van der Waals surface area contributed by atoms with E-state index >= 15 is 0 Å². The molecule has 0 fully saturated rings. The Kier molecular flexibility index (Phi) is 4.64. The van der Waals surface area contributed by atoms with Crippen molar-refractivity contribution in [3.63, 3.8) is 0 Å². The van der Waals surface area contributed by atoms with Gasteiger partial charge in [-0.15, -0.1) is 0 Å². The van der Waals surface area contributed by atoms with E-state index in [1.807, 2.05) is 12.1 Å². The van der Waals surface area contributed by atoms with Gasteiger partial charge in [0.05, 0.1) is 16.3 Å². The highest BCUT2D eigenvalue weighted by molar-refractivity contribution is 6.32. The molecule has 1 N–H and O–H groups in total. The van der Waals surface area contributed by atoms with Crippen LogP contribution in [0.3, 0.4) is 0 Å². The summed E-state index contributed by atoms with van der Waals surface area (Å²) in [6.07, 6.45) is 1.07. The molecule has 0 aliphatic carbocycles. The van der Waals surface area contributed by atoms with Gasteiger partial charge in [0, 0.05) is 6.04 Å². The number of halogens is 1. The molecule has 1 aromatic rings. The van der Waals surface area contributed by atoms with Crippen molar-refractivity contribution >= 4 is 17.3 Å². The molecule has 1 atom stereocenters. The molecule has 1 aromatic carbocycles. The quantitative estimate of drug-likeness (QED) is 0.856. The van der Waals surface area contributed by atoms with E-state index in [0.29, 0.717) is 22.5 Å². The van der Waals surface area contributed by atoms with Crippen LogP contribution in [0.4, 0.5) is 5.69 Å². The third-order valence-corrected chi connectivity index (χ3v) is 2.67. The normalized spacial score (nSPS) is 12.2. The Balaban J connectivity index is 2.82. The second kappa shape index (κ2) is 5.77. The van der Waals surface area contributed by atoms with Crippen molar-refractivity contribution in [2.75, 3.05) is 5.32 Å². The Labute approximate surface area is 102 Å². The molecule has 3 heteroatoms. The Morgan fingerprint density at radius 3 is 2.62 bits per heavy atom. The van der Waals surface area contributed by atoms with Crippen molar-refractivity contribution in [3.05, 3.63) is 28.8 Å². The van der Waals surface area contributed by atoms with Crippen molar-refractivity contribution < 1.29 is 0 Å². The summed E-state index contributed by atoms with van der Waals surface area (Å²) in [6.45, 7) is 6.48. The van der Waals surface area contributed by atoms with Crippen LogP contribution in [-0.2, 0) is 0 Å². The predicted molar refractivity (Wildman–Crippen MR) is 68.7 cm³/mol. The van der Waals surface area contributed by atoms with Gasteiger partial charge >= 0.3 is 0 Å². The lowest BCUT2D eigenvalue weighted by atomic mass is 10.0. The maximum Gasteiger partial charge on any atom is 0.103 e. The molecule has 16 heavy (non-hydrogen) atoms. The lowest BCUT2D eigenvalue weighted by Crippen LogP contribution is -2.18. The number of hydrogen-bond donors (Lipinski definition) is 1. The van der Waals surface area contributed by atoms with Crippen LogP contribution in [0.15, 0.2) is 18.2 Å². The zero-order valence-electron chi connectivity index (χ0n) is 9.92. The summed E-state index contributed by atoms with van der Waals surface area (Å²) in [7, 11) is 0. The molecule has 0 saturated carbocycles. The molecular weight excluding hydrogens is 220 g/mol. The summed E-state index contributed by atoms with van der Waals surface area (Å²) in [5, 5.41) is 12.9. The van der Waals surface area contributed by atoms with Gasteiger partial charge in [0.2, 0.25) is 0 Å². The molecule has 1 rings (SSSR count). The van der Waals surface area contributed by atoms with Crippen LogP contribution in [-0.4, -0.2) is 6.04 Å². The van der Waals surface area contributed by atoms with Crippen LogP contribution in [0, 0.1) is 17.2 Å². The molecular formula is C13H17ClN2. The molecule has 0 bridgehead atoms. The van der Waals surface area contributed by atoms with Crippen molar-refractivity contribution in [2.24, 2.45) is 5.92 Å². The number of nitrogens with zero attached hydrogens (tertiary/aromatic N) is 1. The molecule has 0 saturated heterocycles. The summed E-state index contributed by atoms with van der Waals surface area (Å²) < 4.78 is 0. The largest absolute Gasteiger partial charge is 0.381 e. The fourth-order valence-corrected chi connectivity index (χ4v) is 2.01. The van der Waals surface area contributed by atoms with Gasteiger partial charge in [-0.2, -0.15) is 5.26 Å². The van der Waals surface area contributed by atoms with E-state index in [1.54, 1.807) is 6.07 Å². The number of rotatable bonds is 4. The third-order valence-electron chi connectivity index (χ3n) is 2.35. The van der Waals surface area contributed by atoms with E-state index in [4.69, 9.17) is 16.9 Å². The van der Waals surface area contributed by atoms with Gasteiger partial charge in [-0.1, -0.05) is 31.5 Å². The summed E-state index contributed by atoms with van der Waals surface area (Å²) in [5.74, 6) is 0.632. The van der Waals surface area contributed by atoms with Crippen LogP contribution in [0.2, 0.25) is 5.02 Å². The lowest BCUT2D eigenvalue weighted by molar-refractivity contribution is 0.540. The van der Waals surface area contributed by atoms with Crippen molar-refractivity contribution in [1.29, 1.82) is 5.26 Å². The summed E-state index contributed by atoms with van der Waals surface area (Å²) in [4.78, 5) is 0. The number of hydrogen-bond acceptors (Lipinski definition) is 2. The minimum Gasteiger partial charge on any atom is -0.381 e. The second-order valence-corrected chi connectivity index (χ2v) is 4.86. The Morgan fingerprint density at radius 2 is 2.06 bits per heavy atom. The van der Waals surface area contributed by atoms with Crippen LogP contribution in [0.25, 0.3) is 0 Å². The molecule has 0 amide bonds. The minimum atomic E-state index is 0.338. The molecule has 2 nitrogen and oxygen atoms in total. The Morgan fingerprint density at radius 1 is 1.38 bits per heavy atom. The number of nitrogens with one attached hydrogen (secondary N) is 1. The highest BCUT2D eigenvalue weighted by Crippen LogP contribution is 2.24. The van der Waals surface area contributed by atoms with Crippen LogP contribution >= 0.6 is 11.6 Å². The first-order chi connectivity index (χ1) is 7.54. The van der Waals surface area contributed by atoms with Crippen molar-refractivity contribution in [1.82, 2.24) is 0 Å². The van der Waals surface area contributed by atoms with E-state index in [0.717, 1.165) is 12.1 Å². The topological polar surface area (TPSA) is 35.8 Å². The molecule has 0 aliphatic heterocycles. The van der Waals surface area contributed by atoms with Gasteiger partial charge in [-0.05, 0) is 31.4 Å². The highest BCUT2D eigenvalue weighted by atomic mass is 35.5. The number of nitriles is 1. The van der Waals surface area contributed by atoms with Gasteiger partial charge in [-0.25, -0.2) is 0 Å². The lowest BCUT2D eigenvalue weighted by Gasteiger charge is -2.18. The standard InChI is InChI=1S/C13H17ClN2/c1-9(2)7-10(3)16-13-6-4-5-12(14)11(13)8-15/h4-6,9-10,16H,7H2,1-3H3. The summed E-state index contributed by atoms with van der Waals surface area (Å²) in [6, 6.07) is 7.95. The van der Waals surface area contributed by atoms with Crippen LogP contribution in [0.1, 0.15) is 32.8 Å². The summed E-state index contributed by atoms with van der Waals surface area (Å²) in [5.41, 5.74) is 1.35.